The van der Waals surface area contributed by atoms with E-state index >= 15 is 0 Å². The molecule has 12 heavy (non-hydrogen) atoms. The molecule has 2 N–H and O–H groups in total. The molecule has 0 radical (unpaired) electrons. The molecule has 1 rings (SSSR count). The van der Waals surface area contributed by atoms with Gasteiger partial charge < -0.3 is 10.2 Å². The summed E-state index contributed by atoms with van der Waals surface area (Å²) < 4.78 is 0. The lowest BCUT2D eigenvalue weighted by molar-refractivity contribution is 0.0305. The summed E-state index contributed by atoms with van der Waals surface area (Å²) in [6.45, 7) is 1.53. The van der Waals surface area contributed by atoms with Crippen LogP contribution in [0, 0.1) is 0 Å². The summed E-state index contributed by atoms with van der Waals surface area (Å²) in [4.78, 5) is 0. The zero-order valence-electron chi connectivity index (χ0n) is 6.74. The maximum absolute atomic E-state index is 9.41. The van der Waals surface area contributed by atoms with E-state index in [9.17, 15) is 5.11 Å². The summed E-state index contributed by atoms with van der Waals surface area (Å²) in [5.41, 5.74) is 0.637. The summed E-state index contributed by atoms with van der Waals surface area (Å²) in [6.07, 6.45) is -1.63. The zero-order valence-corrected chi connectivity index (χ0v) is 7.49. The molecule has 0 aromatic heterocycles. The van der Waals surface area contributed by atoms with Gasteiger partial charge >= 0.3 is 0 Å². The van der Waals surface area contributed by atoms with E-state index < -0.39 is 12.2 Å². The zero-order chi connectivity index (χ0) is 9.14. The summed E-state index contributed by atoms with van der Waals surface area (Å²) in [7, 11) is 0. The molecule has 0 amide bonds. The van der Waals surface area contributed by atoms with Gasteiger partial charge in [0.2, 0.25) is 0 Å². The fourth-order valence-electron chi connectivity index (χ4n) is 0.969. The van der Waals surface area contributed by atoms with Gasteiger partial charge in [0.05, 0.1) is 6.10 Å². The number of rotatable bonds is 2. The van der Waals surface area contributed by atoms with Crippen molar-refractivity contribution in [3.8, 4) is 0 Å². The van der Waals surface area contributed by atoms with Crippen molar-refractivity contribution in [1.82, 2.24) is 0 Å². The van der Waals surface area contributed by atoms with Crippen molar-refractivity contribution in [2.24, 2.45) is 0 Å². The second kappa shape index (κ2) is 3.90. The topological polar surface area (TPSA) is 40.5 Å². The second-order valence-electron chi connectivity index (χ2n) is 2.74. The van der Waals surface area contributed by atoms with E-state index in [0.29, 0.717) is 10.6 Å². The SMILES string of the molecule is CC(O)C(O)c1cccc(Cl)c1. The predicted octanol–water partition coefficient (Wildman–Crippen LogP) is 1.75. The van der Waals surface area contributed by atoms with Crippen molar-refractivity contribution in [3.63, 3.8) is 0 Å². The van der Waals surface area contributed by atoms with Crippen LogP contribution < -0.4 is 0 Å². The van der Waals surface area contributed by atoms with Gasteiger partial charge in [0.15, 0.2) is 0 Å². The predicted molar refractivity (Wildman–Crippen MR) is 48.1 cm³/mol. The third-order valence-corrected chi connectivity index (χ3v) is 1.88. The van der Waals surface area contributed by atoms with Crippen LogP contribution in [0.1, 0.15) is 18.6 Å². The Morgan fingerprint density at radius 1 is 1.33 bits per heavy atom. The molecule has 0 bridgehead atoms. The summed E-state index contributed by atoms with van der Waals surface area (Å²) in [6, 6.07) is 6.82. The van der Waals surface area contributed by atoms with Crippen molar-refractivity contribution in [2.45, 2.75) is 19.1 Å². The molecule has 1 aromatic rings. The molecule has 0 aliphatic rings. The van der Waals surface area contributed by atoms with Gasteiger partial charge in [-0.25, -0.2) is 0 Å². The molecule has 0 fully saturated rings. The Bertz CT molecular complexity index is 260. The maximum atomic E-state index is 9.41. The minimum absolute atomic E-state index is 0.562. The highest BCUT2D eigenvalue weighted by Gasteiger charge is 2.12. The first-order valence-electron chi connectivity index (χ1n) is 3.73. The Labute approximate surface area is 76.4 Å². The molecular formula is C9H11ClO2. The van der Waals surface area contributed by atoms with Gasteiger partial charge in [0.1, 0.15) is 6.10 Å². The van der Waals surface area contributed by atoms with Crippen molar-refractivity contribution in [1.29, 1.82) is 0 Å². The van der Waals surface area contributed by atoms with Gasteiger partial charge in [-0.1, -0.05) is 23.7 Å². The van der Waals surface area contributed by atoms with Gasteiger partial charge in [-0.05, 0) is 24.6 Å². The molecule has 0 saturated heterocycles. The molecule has 2 atom stereocenters. The molecule has 0 spiro atoms. The Hall–Kier alpha value is -0.570. The maximum Gasteiger partial charge on any atom is 0.105 e. The normalized spacial score (nSPS) is 15.7. The standard InChI is InChI=1S/C9H11ClO2/c1-6(11)9(12)7-3-2-4-8(10)5-7/h2-6,9,11-12H,1H3. The van der Waals surface area contributed by atoms with E-state index in [0.717, 1.165) is 0 Å². The molecule has 0 aliphatic carbocycles. The fraction of sp³-hybridized carbons (Fsp3) is 0.333. The Kier molecular flexibility index (Phi) is 3.09. The Morgan fingerprint density at radius 2 is 2.00 bits per heavy atom. The minimum Gasteiger partial charge on any atom is -0.390 e. The largest absolute Gasteiger partial charge is 0.390 e. The molecular weight excluding hydrogens is 176 g/mol. The van der Waals surface area contributed by atoms with E-state index in [1.54, 1.807) is 24.3 Å². The van der Waals surface area contributed by atoms with Crippen LogP contribution in [0.4, 0.5) is 0 Å². The van der Waals surface area contributed by atoms with Gasteiger partial charge in [-0.3, -0.25) is 0 Å². The highest BCUT2D eigenvalue weighted by Crippen LogP contribution is 2.19. The van der Waals surface area contributed by atoms with Crippen molar-refractivity contribution < 1.29 is 10.2 Å². The number of benzene rings is 1. The number of aliphatic hydroxyl groups is 2. The third-order valence-electron chi connectivity index (χ3n) is 1.65. The van der Waals surface area contributed by atoms with Crippen LogP contribution in [0.5, 0.6) is 0 Å². The lowest BCUT2D eigenvalue weighted by atomic mass is 10.1. The van der Waals surface area contributed by atoms with Crippen LogP contribution in [-0.2, 0) is 0 Å². The first-order valence-corrected chi connectivity index (χ1v) is 4.10. The first-order chi connectivity index (χ1) is 5.61. The van der Waals surface area contributed by atoms with E-state index in [2.05, 4.69) is 0 Å². The summed E-state index contributed by atoms with van der Waals surface area (Å²) in [5.74, 6) is 0. The van der Waals surface area contributed by atoms with Gasteiger partial charge in [-0.15, -0.1) is 0 Å². The van der Waals surface area contributed by atoms with Crippen LogP contribution >= 0.6 is 11.6 Å². The van der Waals surface area contributed by atoms with Gasteiger partial charge in [0.25, 0.3) is 0 Å². The highest BCUT2D eigenvalue weighted by atomic mass is 35.5. The molecule has 3 heteroatoms. The Morgan fingerprint density at radius 3 is 2.50 bits per heavy atom. The van der Waals surface area contributed by atoms with Crippen molar-refractivity contribution in [2.75, 3.05) is 0 Å². The van der Waals surface area contributed by atoms with E-state index in [4.69, 9.17) is 16.7 Å². The summed E-state index contributed by atoms with van der Waals surface area (Å²) >= 11 is 5.70. The Balaban J connectivity index is 2.88. The fourth-order valence-corrected chi connectivity index (χ4v) is 1.17. The van der Waals surface area contributed by atoms with E-state index in [1.165, 1.54) is 6.92 Å². The molecule has 1 aromatic carbocycles. The highest BCUT2D eigenvalue weighted by molar-refractivity contribution is 6.30. The lowest BCUT2D eigenvalue weighted by Crippen LogP contribution is -2.13. The molecule has 0 saturated carbocycles. The van der Waals surface area contributed by atoms with Crippen LogP contribution in [0.3, 0.4) is 0 Å². The number of aliphatic hydroxyl groups excluding tert-OH is 2. The number of hydrogen-bond acceptors (Lipinski definition) is 2. The molecule has 2 unspecified atom stereocenters. The van der Waals surface area contributed by atoms with Gasteiger partial charge in [-0.2, -0.15) is 0 Å². The summed E-state index contributed by atoms with van der Waals surface area (Å²) in [5, 5.41) is 19.0. The molecule has 0 aliphatic heterocycles. The van der Waals surface area contributed by atoms with Crippen LogP contribution in [0.15, 0.2) is 24.3 Å². The van der Waals surface area contributed by atoms with Crippen molar-refractivity contribution in [3.05, 3.63) is 34.9 Å². The average molecular weight is 187 g/mol. The van der Waals surface area contributed by atoms with E-state index in [-0.39, 0.29) is 0 Å². The van der Waals surface area contributed by atoms with Gasteiger partial charge in [0, 0.05) is 5.02 Å². The van der Waals surface area contributed by atoms with Crippen LogP contribution in [0.25, 0.3) is 0 Å². The monoisotopic (exact) mass is 186 g/mol. The molecule has 2 nitrogen and oxygen atoms in total. The number of halogens is 1. The average Bonchev–Trinajstić information content (AvgIpc) is 2.03. The smallest absolute Gasteiger partial charge is 0.105 e. The third kappa shape index (κ3) is 2.21. The molecule has 0 heterocycles. The first kappa shape index (κ1) is 9.52. The molecule has 66 valence electrons. The van der Waals surface area contributed by atoms with Crippen molar-refractivity contribution >= 4 is 11.6 Å². The second-order valence-corrected chi connectivity index (χ2v) is 3.18. The minimum atomic E-state index is -0.858. The van der Waals surface area contributed by atoms with E-state index in [1.807, 2.05) is 0 Å². The lowest BCUT2D eigenvalue weighted by Gasteiger charge is -2.13. The van der Waals surface area contributed by atoms with Crippen LogP contribution in [0.2, 0.25) is 5.02 Å². The quantitative estimate of drug-likeness (QED) is 0.739. The number of hydrogen-bond donors (Lipinski definition) is 2. The van der Waals surface area contributed by atoms with Crippen LogP contribution in [-0.4, -0.2) is 16.3 Å².